The van der Waals surface area contributed by atoms with Gasteiger partial charge in [0.2, 0.25) is 0 Å². The fourth-order valence-corrected chi connectivity index (χ4v) is 8.18. The van der Waals surface area contributed by atoms with Crippen LogP contribution in [0.15, 0.2) is 180 Å². The number of fused-ring (bicyclic) bond motifs is 10. The Hall–Kier alpha value is -7.71. The SMILES string of the molecule is O=c1c2ccc3c4ncccc4n(-c4ccccc4)c3c2c2cnc(-c3ccc4c5ccccc5n(-c5ccccc5)c4c3)nc2c(=O)n1-c1ccccc1. The van der Waals surface area contributed by atoms with E-state index in [1.165, 1.54) is 4.57 Å². The quantitative estimate of drug-likeness (QED) is 0.182. The predicted octanol–water partition coefficient (Wildman–Crippen LogP) is 9.55. The van der Waals surface area contributed by atoms with Gasteiger partial charge in [0.15, 0.2) is 5.82 Å². The number of rotatable bonds is 4. The van der Waals surface area contributed by atoms with Crippen LogP contribution >= 0.6 is 0 Å². The molecule has 0 fully saturated rings. The highest BCUT2D eigenvalue weighted by Gasteiger charge is 2.22. The molecule has 0 saturated heterocycles. The molecule has 11 rings (SSSR count). The summed E-state index contributed by atoms with van der Waals surface area (Å²) in [5.74, 6) is 0.375. The Labute approximate surface area is 312 Å². The van der Waals surface area contributed by atoms with Gasteiger partial charge in [-0.1, -0.05) is 84.9 Å². The zero-order valence-corrected chi connectivity index (χ0v) is 29.2. The third-order valence-corrected chi connectivity index (χ3v) is 10.6. The van der Waals surface area contributed by atoms with Crippen LogP contribution in [0.2, 0.25) is 0 Å². The van der Waals surface area contributed by atoms with Crippen LogP contribution in [0.4, 0.5) is 0 Å². The third-order valence-electron chi connectivity index (χ3n) is 10.6. The lowest BCUT2D eigenvalue weighted by atomic mass is 10.1. The van der Waals surface area contributed by atoms with Crippen molar-refractivity contribution in [3.8, 4) is 28.5 Å². The summed E-state index contributed by atoms with van der Waals surface area (Å²) in [6.45, 7) is 0. The molecule has 5 aromatic heterocycles. The Balaban J connectivity index is 1.28. The van der Waals surface area contributed by atoms with Crippen LogP contribution in [0, 0.1) is 0 Å². The van der Waals surface area contributed by atoms with Gasteiger partial charge in [0.05, 0.1) is 38.7 Å². The van der Waals surface area contributed by atoms with Gasteiger partial charge in [-0.15, -0.1) is 0 Å². The lowest BCUT2D eigenvalue weighted by Gasteiger charge is -2.10. The molecule has 8 heteroatoms. The molecule has 0 aliphatic heterocycles. The number of para-hydroxylation sites is 4. The minimum absolute atomic E-state index is 0.134. The van der Waals surface area contributed by atoms with E-state index in [4.69, 9.17) is 15.0 Å². The van der Waals surface area contributed by atoms with Gasteiger partial charge in [0.25, 0.3) is 11.1 Å². The fourth-order valence-electron chi connectivity index (χ4n) is 8.18. The normalized spacial score (nSPS) is 11.8. The monoisotopic (exact) mass is 708 g/mol. The van der Waals surface area contributed by atoms with Gasteiger partial charge in [0.1, 0.15) is 5.52 Å². The zero-order chi connectivity index (χ0) is 36.6. The number of hydrogen-bond donors (Lipinski definition) is 0. The van der Waals surface area contributed by atoms with E-state index in [2.05, 4.69) is 45.5 Å². The molecule has 0 saturated carbocycles. The first-order chi connectivity index (χ1) is 27.2. The van der Waals surface area contributed by atoms with Crippen LogP contribution in [0.1, 0.15) is 0 Å². The van der Waals surface area contributed by atoms with Gasteiger partial charge in [0, 0.05) is 56.3 Å². The molecule has 0 aliphatic carbocycles. The second-order valence-electron chi connectivity index (χ2n) is 13.6. The van der Waals surface area contributed by atoms with Crippen molar-refractivity contribution in [3.05, 3.63) is 191 Å². The first-order valence-electron chi connectivity index (χ1n) is 18.0. The molecule has 11 aromatic rings. The van der Waals surface area contributed by atoms with E-state index in [0.717, 1.165) is 60.7 Å². The van der Waals surface area contributed by atoms with E-state index in [1.54, 1.807) is 30.6 Å². The molecule has 258 valence electrons. The molecule has 0 spiro atoms. The predicted molar refractivity (Wildman–Crippen MR) is 221 cm³/mol. The molecule has 55 heavy (non-hydrogen) atoms. The van der Waals surface area contributed by atoms with Gasteiger partial charge < -0.3 is 9.13 Å². The van der Waals surface area contributed by atoms with Crippen LogP contribution in [-0.2, 0) is 0 Å². The molecule has 0 radical (unpaired) electrons. The van der Waals surface area contributed by atoms with E-state index in [9.17, 15) is 9.59 Å². The average molecular weight is 709 g/mol. The highest BCUT2D eigenvalue weighted by molar-refractivity contribution is 6.23. The zero-order valence-electron chi connectivity index (χ0n) is 29.2. The second kappa shape index (κ2) is 11.9. The Morgan fingerprint density at radius 1 is 0.418 bits per heavy atom. The summed E-state index contributed by atoms with van der Waals surface area (Å²) in [4.78, 5) is 44.6. The van der Waals surface area contributed by atoms with Crippen molar-refractivity contribution in [1.29, 1.82) is 0 Å². The van der Waals surface area contributed by atoms with Gasteiger partial charge in [-0.05, 0) is 72.8 Å². The van der Waals surface area contributed by atoms with Crippen LogP contribution in [0.25, 0.3) is 93.9 Å². The van der Waals surface area contributed by atoms with E-state index < -0.39 is 11.1 Å². The Morgan fingerprint density at radius 2 is 1.02 bits per heavy atom. The van der Waals surface area contributed by atoms with Crippen LogP contribution in [0.5, 0.6) is 0 Å². The van der Waals surface area contributed by atoms with Crippen molar-refractivity contribution < 1.29 is 0 Å². The fraction of sp³-hybridized carbons (Fsp3) is 0. The second-order valence-corrected chi connectivity index (χ2v) is 13.6. The van der Waals surface area contributed by atoms with E-state index >= 15 is 0 Å². The van der Waals surface area contributed by atoms with E-state index in [-0.39, 0.29) is 5.52 Å². The summed E-state index contributed by atoms with van der Waals surface area (Å²) >= 11 is 0. The van der Waals surface area contributed by atoms with Crippen molar-refractivity contribution in [2.24, 2.45) is 0 Å². The van der Waals surface area contributed by atoms with Crippen molar-refractivity contribution in [3.63, 3.8) is 0 Å². The lowest BCUT2D eigenvalue weighted by Crippen LogP contribution is -2.28. The minimum Gasteiger partial charge on any atom is -0.309 e. The molecular formula is C47H28N6O2. The minimum atomic E-state index is -0.529. The lowest BCUT2D eigenvalue weighted by molar-refractivity contribution is 0.969. The van der Waals surface area contributed by atoms with E-state index in [1.807, 2.05) is 103 Å². The summed E-state index contributed by atoms with van der Waals surface area (Å²) in [5.41, 5.74) is 6.77. The molecule has 0 bridgehead atoms. The Bertz CT molecular complexity index is 3460. The maximum atomic E-state index is 14.9. The number of pyridine rings is 1. The summed E-state index contributed by atoms with van der Waals surface area (Å²) in [5, 5.41) is 4.49. The van der Waals surface area contributed by atoms with Gasteiger partial charge in [-0.2, -0.15) is 0 Å². The molecular weight excluding hydrogens is 681 g/mol. The number of nitrogens with zero attached hydrogens (tertiary/aromatic N) is 6. The Kier molecular flexibility index (Phi) is 6.69. The molecule has 0 aliphatic rings. The van der Waals surface area contributed by atoms with Gasteiger partial charge in [-0.25, -0.2) is 14.5 Å². The molecule has 0 amide bonds. The average Bonchev–Trinajstić information content (AvgIpc) is 3.74. The molecule has 0 atom stereocenters. The van der Waals surface area contributed by atoms with Crippen LogP contribution in [0.3, 0.4) is 0 Å². The third kappa shape index (κ3) is 4.55. The smallest absolute Gasteiger partial charge is 0.284 e. The molecule has 8 nitrogen and oxygen atoms in total. The topological polar surface area (TPSA) is 87.6 Å². The molecule has 0 unspecified atom stereocenters. The van der Waals surface area contributed by atoms with Crippen molar-refractivity contribution >= 4 is 65.4 Å². The summed E-state index contributed by atoms with van der Waals surface area (Å²) in [6.07, 6.45) is 3.47. The first kappa shape index (κ1) is 30.9. The van der Waals surface area contributed by atoms with Crippen LogP contribution in [-0.4, -0.2) is 28.7 Å². The number of hydrogen-bond acceptors (Lipinski definition) is 5. The maximum Gasteiger partial charge on any atom is 0.284 e. The van der Waals surface area contributed by atoms with Crippen molar-refractivity contribution in [2.75, 3.05) is 0 Å². The van der Waals surface area contributed by atoms with Crippen molar-refractivity contribution in [2.45, 2.75) is 0 Å². The summed E-state index contributed by atoms with van der Waals surface area (Å²) < 4.78 is 5.58. The summed E-state index contributed by atoms with van der Waals surface area (Å²) in [7, 11) is 0. The van der Waals surface area contributed by atoms with Gasteiger partial charge >= 0.3 is 0 Å². The molecule has 6 aromatic carbocycles. The van der Waals surface area contributed by atoms with Crippen LogP contribution < -0.4 is 11.1 Å². The maximum absolute atomic E-state index is 14.9. The summed E-state index contributed by atoms with van der Waals surface area (Å²) in [6, 6.07) is 51.4. The van der Waals surface area contributed by atoms with Crippen molar-refractivity contribution in [1.82, 2.24) is 28.7 Å². The molecule has 5 heterocycles. The standard InChI is InChI=1S/C47H28N6O2/c54-46-35-24-25-36-42-39(21-12-26-48-42)52(31-15-6-2-7-16-31)44(36)41(35)37-28-49-45(50-43(37)47(55)53(46)32-17-8-3-9-18-32)29-22-23-34-33-19-10-11-20-38(33)51(40(34)27-29)30-13-4-1-5-14-30/h1-28H. The Morgan fingerprint density at radius 3 is 1.76 bits per heavy atom. The number of benzene rings is 6. The molecule has 0 N–H and O–H groups in total. The highest BCUT2D eigenvalue weighted by atomic mass is 16.2. The highest BCUT2D eigenvalue weighted by Crippen LogP contribution is 2.38. The van der Waals surface area contributed by atoms with E-state index in [0.29, 0.717) is 27.7 Å². The van der Waals surface area contributed by atoms with Gasteiger partial charge in [-0.3, -0.25) is 14.6 Å². The number of aromatic nitrogens is 6. The first-order valence-corrected chi connectivity index (χ1v) is 18.0. The largest absolute Gasteiger partial charge is 0.309 e.